The average molecular weight is 263 g/mol. The molecule has 0 saturated carbocycles. The zero-order valence-electron chi connectivity index (χ0n) is 10.5. The van der Waals surface area contributed by atoms with E-state index in [9.17, 15) is 10.1 Å². The molecule has 19 heavy (non-hydrogen) atoms. The number of pyridine rings is 1. The lowest BCUT2D eigenvalue weighted by molar-refractivity contribution is -0.384. The van der Waals surface area contributed by atoms with E-state index in [2.05, 4.69) is 15.5 Å². The molecule has 0 bridgehead atoms. The minimum Gasteiger partial charge on any atom is -0.384 e. The SMILES string of the molecule is Cc1noc(C)c1CNc1nc(N)ccc1[N+](=O)[O-]. The summed E-state index contributed by atoms with van der Waals surface area (Å²) < 4.78 is 5.02. The number of hydrogen-bond acceptors (Lipinski definition) is 7. The van der Waals surface area contributed by atoms with E-state index in [4.69, 9.17) is 10.3 Å². The van der Waals surface area contributed by atoms with Crippen molar-refractivity contribution in [2.24, 2.45) is 0 Å². The Bertz CT molecular complexity index is 603. The molecule has 0 atom stereocenters. The van der Waals surface area contributed by atoms with Gasteiger partial charge in [0.1, 0.15) is 11.6 Å². The lowest BCUT2D eigenvalue weighted by Gasteiger charge is -2.06. The number of nitrogens with two attached hydrogens (primary N) is 1. The maximum Gasteiger partial charge on any atom is 0.311 e. The highest BCUT2D eigenvalue weighted by molar-refractivity contribution is 5.59. The van der Waals surface area contributed by atoms with E-state index >= 15 is 0 Å². The van der Waals surface area contributed by atoms with Crippen molar-refractivity contribution >= 4 is 17.3 Å². The fraction of sp³-hybridized carbons (Fsp3) is 0.273. The number of nitrogens with zero attached hydrogens (tertiary/aromatic N) is 3. The van der Waals surface area contributed by atoms with Crippen LogP contribution in [0.1, 0.15) is 17.0 Å². The molecule has 0 aliphatic rings. The van der Waals surface area contributed by atoms with Gasteiger partial charge in [-0.05, 0) is 19.9 Å². The molecule has 0 radical (unpaired) electrons. The van der Waals surface area contributed by atoms with Crippen LogP contribution in [0.3, 0.4) is 0 Å². The summed E-state index contributed by atoms with van der Waals surface area (Å²) in [7, 11) is 0. The smallest absolute Gasteiger partial charge is 0.311 e. The number of nitrogen functional groups attached to an aromatic ring is 1. The molecule has 2 rings (SSSR count). The minimum absolute atomic E-state index is 0.124. The second-order valence-electron chi connectivity index (χ2n) is 4.02. The number of nitro groups is 1. The van der Waals surface area contributed by atoms with Gasteiger partial charge in [0.15, 0.2) is 0 Å². The molecule has 2 aromatic heterocycles. The Hall–Kier alpha value is -2.64. The zero-order valence-corrected chi connectivity index (χ0v) is 10.5. The predicted octanol–water partition coefficient (Wildman–Crippen LogP) is 1.79. The predicted molar refractivity (Wildman–Crippen MR) is 68.6 cm³/mol. The van der Waals surface area contributed by atoms with E-state index in [-0.39, 0.29) is 17.3 Å². The maximum atomic E-state index is 10.9. The van der Waals surface area contributed by atoms with Crippen molar-refractivity contribution in [3.8, 4) is 0 Å². The lowest BCUT2D eigenvalue weighted by atomic mass is 10.2. The van der Waals surface area contributed by atoms with E-state index in [1.165, 1.54) is 12.1 Å². The Morgan fingerprint density at radius 2 is 2.21 bits per heavy atom. The van der Waals surface area contributed by atoms with Crippen LogP contribution in [0.4, 0.5) is 17.3 Å². The zero-order chi connectivity index (χ0) is 14.0. The van der Waals surface area contributed by atoms with E-state index in [1.54, 1.807) is 13.8 Å². The molecular formula is C11H13N5O3. The number of aryl methyl sites for hydroxylation is 2. The van der Waals surface area contributed by atoms with Crippen LogP contribution in [0.25, 0.3) is 0 Å². The highest BCUT2D eigenvalue weighted by Crippen LogP contribution is 2.24. The third-order valence-electron chi connectivity index (χ3n) is 2.71. The van der Waals surface area contributed by atoms with Crippen molar-refractivity contribution in [1.82, 2.24) is 10.1 Å². The van der Waals surface area contributed by atoms with Crippen LogP contribution in [-0.2, 0) is 6.54 Å². The highest BCUT2D eigenvalue weighted by Gasteiger charge is 2.16. The third kappa shape index (κ3) is 2.62. The van der Waals surface area contributed by atoms with Crippen LogP contribution in [0.2, 0.25) is 0 Å². The number of anilines is 2. The number of rotatable bonds is 4. The Balaban J connectivity index is 2.24. The molecule has 2 heterocycles. The second-order valence-corrected chi connectivity index (χ2v) is 4.02. The summed E-state index contributed by atoms with van der Waals surface area (Å²) in [5, 5.41) is 17.6. The van der Waals surface area contributed by atoms with Gasteiger partial charge in [-0.3, -0.25) is 10.1 Å². The molecule has 0 unspecified atom stereocenters. The quantitative estimate of drug-likeness (QED) is 0.637. The van der Waals surface area contributed by atoms with Gasteiger partial charge in [0.05, 0.1) is 10.6 Å². The van der Waals surface area contributed by atoms with Gasteiger partial charge in [0.25, 0.3) is 0 Å². The van der Waals surface area contributed by atoms with Gasteiger partial charge < -0.3 is 15.6 Å². The molecule has 0 amide bonds. The first-order valence-corrected chi connectivity index (χ1v) is 5.55. The normalized spacial score (nSPS) is 10.4. The third-order valence-corrected chi connectivity index (χ3v) is 2.71. The summed E-state index contributed by atoms with van der Waals surface area (Å²) in [5.74, 6) is 1.01. The van der Waals surface area contributed by atoms with Crippen LogP contribution < -0.4 is 11.1 Å². The molecule has 8 heteroatoms. The van der Waals surface area contributed by atoms with Gasteiger partial charge in [-0.2, -0.15) is 0 Å². The molecule has 100 valence electrons. The van der Waals surface area contributed by atoms with Crippen LogP contribution in [-0.4, -0.2) is 15.1 Å². The van der Waals surface area contributed by atoms with E-state index in [0.29, 0.717) is 12.3 Å². The number of hydrogen-bond donors (Lipinski definition) is 2. The number of aromatic nitrogens is 2. The molecule has 0 aliphatic carbocycles. The topological polar surface area (TPSA) is 120 Å². The Labute approximate surface area is 108 Å². The van der Waals surface area contributed by atoms with Gasteiger partial charge in [-0.25, -0.2) is 4.98 Å². The van der Waals surface area contributed by atoms with Crippen molar-refractivity contribution < 1.29 is 9.45 Å². The monoisotopic (exact) mass is 263 g/mol. The van der Waals surface area contributed by atoms with Crippen molar-refractivity contribution in [2.75, 3.05) is 11.1 Å². The Morgan fingerprint density at radius 3 is 2.79 bits per heavy atom. The van der Waals surface area contributed by atoms with Crippen LogP contribution in [0.15, 0.2) is 16.7 Å². The Morgan fingerprint density at radius 1 is 1.47 bits per heavy atom. The van der Waals surface area contributed by atoms with Gasteiger partial charge in [-0.15, -0.1) is 0 Å². The van der Waals surface area contributed by atoms with Crippen molar-refractivity contribution in [1.29, 1.82) is 0 Å². The van der Waals surface area contributed by atoms with Crippen LogP contribution in [0.5, 0.6) is 0 Å². The van der Waals surface area contributed by atoms with Crippen molar-refractivity contribution in [3.05, 3.63) is 39.3 Å². The van der Waals surface area contributed by atoms with Crippen molar-refractivity contribution in [2.45, 2.75) is 20.4 Å². The molecule has 3 N–H and O–H groups in total. The van der Waals surface area contributed by atoms with Gasteiger partial charge in [0.2, 0.25) is 5.82 Å². The summed E-state index contributed by atoms with van der Waals surface area (Å²) in [5.41, 5.74) is 6.99. The maximum absolute atomic E-state index is 10.9. The Kier molecular flexibility index (Phi) is 3.32. The summed E-state index contributed by atoms with van der Waals surface area (Å²) in [6, 6.07) is 2.71. The van der Waals surface area contributed by atoms with Gasteiger partial charge >= 0.3 is 5.69 Å². The van der Waals surface area contributed by atoms with Crippen LogP contribution in [0, 0.1) is 24.0 Å². The van der Waals surface area contributed by atoms with Crippen molar-refractivity contribution in [3.63, 3.8) is 0 Å². The van der Waals surface area contributed by atoms with E-state index in [1.807, 2.05) is 0 Å². The first-order chi connectivity index (χ1) is 8.99. The summed E-state index contributed by atoms with van der Waals surface area (Å²) in [6.07, 6.45) is 0. The second kappa shape index (κ2) is 4.92. The molecule has 0 fully saturated rings. The summed E-state index contributed by atoms with van der Waals surface area (Å²) in [4.78, 5) is 14.3. The van der Waals surface area contributed by atoms with Crippen LogP contribution >= 0.6 is 0 Å². The van der Waals surface area contributed by atoms with E-state index < -0.39 is 4.92 Å². The molecular weight excluding hydrogens is 250 g/mol. The molecule has 0 spiro atoms. The van der Waals surface area contributed by atoms with Gasteiger partial charge in [0, 0.05) is 18.2 Å². The molecule has 0 aromatic carbocycles. The first-order valence-electron chi connectivity index (χ1n) is 5.55. The standard InChI is InChI=1S/C11H13N5O3/c1-6-8(7(2)19-15-6)5-13-11-9(16(17)18)3-4-10(12)14-11/h3-4H,5H2,1-2H3,(H3,12,13,14). The molecule has 0 aliphatic heterocycles. The lowest BCUT2D eigenvalue weighted by Crippen LogP contribution is -2.07. The fourth-order valence-electron chi connectivity index (χ4n) is 1.67. The molecule has 0 saturated heterocycles. The summed E-state index contributed by atoms with van der Waals surface area (Å²) in [6.45, 7) is 3.91. The highest BCUT2D eigenvalue weighted by atomic mass is 16.6. The summed E-state index contributed by atoms with van der Waals surface area (Å²) >= 11 is 0. The van der Waals surface area contributed by atoms with Gasteiger partial charge in [-0.1, -0.05) is 5.16 Å². The fourth-order valence-corrected chi connectivity index (χ4v) is 1.67. The number of nitrogens with one attached hydrogen (secondary N) is 1. The first kappa shape index (κ1) is 12.8. The molecule has 8 nitrogen and oxygen atoms in total. The van der Waals surface area contributed by atoms with E-state index in [0.717, 1.165) is 11.3 Å². The molecule has 2 aromatic rings. The largest absolute Gasteiger partial charge is 0.384 e. The average Bonchev–Trinajstić information content (AvgIpc) is 2.66. The minimum atomic E-state index is -0.512.